The number of likely N-dealkylation sites (tertiary alicyclic amines) is 1. The maximum Gasteiger partial charge on any atom is 0.411 e. The number of hydrogen-bond acceptors (Lipinski definition) is 5. The Labute approximate surface area is 152 Å². The summed E-state index contributed by atoms with van der Waals surface area (Å²) in [5, 5.41) is 5.31. The van der Waals surface area contributed by atoms with Gasteiger partial charge in [0.05, 0.1) is 7.11 Å². The molecule has 0 aromatic heterocycles. The quantitative estimate of drug-likeness (QED) is 0.859. The molecular weight excluding hydrogens is 338 g/mol. The molecule has 0 saturated carbocycles. The number of ether oxygens (including phenoxy) is 2. The van der Waals surface area contributed by atoms with Crippen LogP contribution in [0.4, 0.5) is 21.0 Å². The van der Waals surface area contributed by atoms with Crippen LogP contribution in [0.5, 0.6) is 0 Å². The molecule has 1 atom stereocenters. The normalized spacial score (nSPS) is 16.8. The summed E-state index contributed by atoms with van der Waals surface area (Å²) in [5.41, 5.74) is 0.388. The van der Waals surface area contributed by atoms with Crippen LogP contribution in [0.2, 0.25) is 0 Å². The number of anilines is 2. The van der Waals surface area contributed by atoms with Crippen molar-refractivity contribution in [3.8, 4) is 0 Å². The van der Waals surface area contributed by atoms with Crippen LogP contribution >= 0.6 is 0 Å². The van der Waals surface area contributed by atoms with Gasteiger partial charge in [-0.1, -0.05) is 6.07 Å². The van der Waals surface area contributed by atoms with E-state index >= 15 is 0 Å². The third kappa shape index (κ3) is 5.37. The number of rotatable bonds is 3. The second kappa shape index (κ2) is 8.07. The molecule has 1 saturated heterocycles. The highest BCUT2D eigenvalue weighted by molar-refractivity contribution is 5.97. The van der Waals surface area contributed by atoms with Gasteiger partial charge >= 0.3 is 12.2 Å². The Hall–Kier alpha value is -2.77. The van der Waals surface area contributed by atoms with Crippen molar-refractivity contribution in [3.63, 3.8) is 0 Å². The largest absolute Gasteiger partial charge is 0.453 e. The summed E-state index contributed by atoms with van der Waals surface area (Å²) in [5.74, 6) is -0.288. The van der Waals surface area contributed by atoms with Crippen molar-refractivity contribution in [3.05, 3.63) is 24.3 Å². The van der Waals surface area contributed by atoms with E-state index < -0.39 is 23.8 Å². The fourth-order valence-electron chi connectivity index (χ4n) is 2.65. The van der Waals surface area contributed by atoms with Crippen LogP contribution in [0.3, 0.4) is 0 Å². The lowest BCUT2D eigenvalue weighted by Gasteiger charge is -2.28. The fraction of sp³-hybridized carbons (Fsp3) is 0.500. The van der Waals surface area contributed by atoms with E-state index in [-0.39, 0.29) is 5.91 Å². The summed E-state index contributed by atoms with van der Waals surface area (Å²) in [7, 11) is 1.27. The zero-order chi connectivity index (χ0) is 19.3. The second-order valence-electron chi connectivity index (χ2n) is 7.02. The minimum Gasteiger partial charge on any atom is -0.453 e. The Bertz CT molecular complexity index is 684. The number of methoxy groups -OCH3 is 1. The van der Waals surface area contributed by atoms with Gasteiger partial charge in [-0.2, -0.15) is 0 Å². The van der Waals surface area contributed by atoms with E-state index in [1.807, 2.05) is 0 Å². The Morgan fingerprint density at radius 3 is 2.42 bits per heavy atom. The van der Waals surface area contributed by atoms with Crippen molar-refractivity contribution in [1.29, 1.82) is 0 Å². The summed E-state index contributed by atoms with van der Waals surface area (Å²) < 4.78 is 9.91. The minimum atomic E-state index is -0.616. The van der Waals surface area contributed by atoms with Gasteiger partial charge in [0.1, 0.15) is 11.6 Å². The third-order valence-corrected chi connectivity index (χ3v) is 3.75. The molecule has 0 aliphatic carbocycles. The van der Waals surface area contributed by atoms with Gasteiger partial charge in [0.15, 0.2) is 0 Å². The first-order valence-corrected chi connectivity index (χ1v) is 8.45. The number of carbonyl (C=O) groups is 3. The van der Waals surface area contributed by atoms with Crippen LogP contribution < -0.4 is 10.6 Å². The van der Waals surface area contributed by atoms with E-state index in [2.05, 4.69) is 15.4 Å². The van der Waals surface area contributed by atoms with Gasteiger partial charge in [0.25, 0.3) is 0 Å². The Morgan fingerprint density at radius 2 is 1.81 bits per heavy atom. The van der Waals surface area contributed by atoms with Gasteiger partial charge in [-0.3, -0.25) is 15.0 Å². The maximum atomic E-state index is 12.6. The molecule has 0 radical (unpaired) electrons. The number of nitrogens with zero attached hydrogens (tertiary/aromatic N) is 1. The molecule has 0 spiro atoms. The lowest BCUT2D eigenvalue weighted by Crippen LogP contribution is -2.45. The van der Waals surface area contributed by atoms with Gasteiger partial charge < -0.3 is 14.8 Å². The predicted octanol–water partition coefficient (Wildman–Crippen LogP) is 3.20. The highest BCUT2D eigenvalue weighted by Gasteiger charge is 2.36. The van der Waals surface area contributed by atoms with Gasteiger partial charge in [-0.15, -0.1) is 0 Å². The lowest BCUT2D eigenvalue weighted by atomic mass is 10.2. The van der Waals surface area contributed by atoms with Gasteiger partial charge in [0, 0.05) is 17.9 Å². The summed E-state index contributed by atoms with van der Waals surface area (Å²) in [4.78, 5) is 37.6. The molecule has 8 nitrogen and oxygen atoms in total. The molecule has 8 heteroatoms. The van der Waals surface area contributed by atoms with E-state index in [0.717, 1.165) is 6.42 Å². The highest BCUT2D eigenvalue weighted by Crippen LogP contribution is 2.23. The average molecular weight is 363 g/mol. The summed E-state index contributed by atoms with van der Waals surface area (Å²) in [6.07, 6.45) is 0.225. The first kappa shape index (κ1) is 19.6. The van der Waals surface area contributed by atoms with Gasteiger partial charge in [-0.25, -0.2) is 9.59 Å². The lowest BCUT2D eigenvalue weighted by molar-refractivity contribution is -0.120. The maximum absolute atomic E-state index is 12.6. The minimum absolute atomic E-state index is 0.288. The monoisotopic (exact) mass is 363 g/mol. The molecule has 1 aliphatic rings. The molecule has 2 rings (SSSR count). The van der Waals surface area contributed by atoms with E-state index in [1.165, 1.54) is 12.0 Å². The molecule has 26 heavy (non-hydrogen) atoms. The van der Waals surface area contributed by atoms with E-state index in [1.54, 1.807) is 45.0 Å². The molecule has 2 N–H and O–H groups in total. The average Bonchev–Trinajstić information content (AvgIpc) is 3.03. The molecule has 1 aliphatic heterocycles. The molecule has 0 unspecified atom stereocenters. The summed E-state index contributed by atoms with van der Waals surface area (Å²) >= 11 is 0. The summed E-state index contributed by atoms with van der Waals surface area (Å²) in [6.45, 7) is 5.85. The van der Waals surface area contributed by atoms with Crippen LogP contribution in [-0.2, 0) is 14.3 Å². The van der Waals surface area contributed by atoms with Crippen LogP contribution in [0.1, 0.15) is 33.6 Å². The number of hydrogen-bond donors (Lipinski definition) is 2. The van der Waals surface area contributed by atoms with Crippen molar-refractivity contribution in [2.75, 3.05) is 24.3 Å². The zero-order valence-electron chi connectivity index (χ0n) is 15.5. The zero-order valence-corrected chi connectivity index (χ0v) is 15.5. The van der Waals surface area contributed by atoms with Crippen molar-refractivity contribution >= 4 is 29.5 Å². The Morgan fingerprint density at radius 1 is 1.15 bits per heavy atom. The van der Waals surface area contributed by atoms with Crippen LogP contribution in [0.25, 0.3) is 0 Å². The van der Waals surface area contributed by atoms with Gasteiger partial charge in [-0.05, 0) is 51.8 Å². The first-order valence-electron chi connectivity index (χ1n) is 8.45. The van der Waals surface area contributed by atoms with Crippen molar-refractivity contribution < 1.29 is 23.9 Å². The predicted molar refractivity (Wildman–Crippen MR) is 97.1 cm³/mol. The fourth-order valence-corrected chi connectivity index (χ4v) is 2.65. The molecule has 3 amide bonds. The van der Waals surface area contributed by atoms with Crippen LogP contribution in [-0.4, -0.2) is 48.3 Å². The number of nitrogens with one attached hydrogen (secondary N) is 2. The standard InChI is InChI=1S/C18H25N3O5/c1-18(2,3)26-17(24)21-10-6-9-14(21)15(22)19-12-7-5-8-13(11-12)20-16(23)25-4/h5,7-8,11,14H,6,9-10H2,1-4H3,(H,19,22)(H,20,23)/t14-/m0/s1. The van der Waals surface area contributed by atoms with Crippen LogP contribution in [0, 0.1) is 0 Å². The van der Waals surface area contributed by atoms with E-state index in [0.29, 0.717) is 24.3 Å². The van der Waals surface area contributed by atoms with Gasteiger partial charge in [0.2, 0.25) is 5.91 Å². The number of amides is 3. The van der Waals surface area contributed by atoms with Crippen molar-refractivity contribution in [1.82, 2.24) is 4.90 Å². The van der Waals surface area contributed by atoms with E-state index in [9.17, 15) is 14.4 Å². The third-order valence-electron chi connectivity index (χ3n) is 3.75. The van der Waals surface area contributed by atoms with Crippen molar-refractivity contribution in [2.24, 2.45) is 0 Å². The number of carbonyl (C=O) groups excluding carboxylic acids is 3. The molecule has 142 valence electrons. The molecule has 0 bridgehead atoms. The van der Waals surface area contributed by atoms with E-state index in [4.69, 9.17) is 4.74 Å². The smallest absolute Gasteiger partial charge is 0.411 e. The molecule has 1 aromatic carbocycles. The molecule has 1 aromatic rings. The summed E-state index contributed by atoms with van der Waals surface area (Å²) in [6, 6.07) is 6.10. The molecule has 1 heterocycles. The Kier molecular flexibility index (Phi) is 6.07. The van der Waals surface area contributed by atoms with Crippen molar-refractivity contribution in [2.45, 2.75) is 45.3 Å². The Balaban J connectivity index is 2.03. The highest BCUT2D eigenvalue weighted by atomic mass is 16.6. The topological polar surface area (TPSA) is 97.0 Å². The SMILES string of the molecule is COC(=O)Nc1cccc(NC(=O)[C@@H]2CCCN2C(=O)OC(C)(C)C)c1. The molecule has 1 fully saturated rings. The second-order valence-corrected chi connectivity index (χ2v) is 7.02. The molecular formula is C18H25N3O5. The van der Waals surface area contributed by atoms with Crippen LogP contribution in [0.15, 0.2) is 24.3 Å². The first-order chi connectivity index (χ1) is 12.2. The number of benzene rings is 1.